The predicted molar refractivity (Wildman–Crippen MR) is 77.9 cm³/mol. The molecule has 106 valence electrons. The zero-order chi connectivity index (χ0) is 14.4. The summed E-state index contributed by atoms with van der Waals surface area (Å²) in [5.74, 6) is -0.281. The van der Waals surface area contributed by atoms with Gasteiger partial charge in [-0.1, -0.05) is 42.8 Å². The molecular weight excluding hydrogens is 252 g/mol. The van der Waals surface area contributed by atoms with E-state index in [0.29, 0.717) is 19.4 Å². The van der Waals surface area contributed by atoms with Crippen molar-refractivity contribution in [3.8, 4) is 11.3 Å². The second kappa shape index (κ2) is 6.84. The van der Waals surface area contributed by atoms with Crippen LogP contribution >= 0.6 is 0 Å². The molecule has 0 spiro atoms. The van der Waals surface area contributed by atoms with Crippen LogP contribution in [0.4, 0.5) is 0 Å². The van der Waals surface area contributed by atoms with E-state index in [0.717, 1.165) is 24.1 Å². The Morgan fingerprint density at radius 1 is 1.30 bits per heavy atom. The molecule has 1 amide bonds. The third-order valence-corrected chi connectivity index (χ3v) is 3.14. The minimum atomic E-state index is -0.281. The summed E-state index contributed by atoms with van der Waals surface area (Å²) >= 11 is 0. The molecule has 0 bridgehead atoms. The van der Waals surface area contributed by atoms with Gasteiger partial charge in [0.25, 0.3) is 0 Å². The number of aryl methyl sites for hydroxylation is 2. The minimum absolute atomic E-state index is 0.281. The second-order valence-corrected chi connectivity index (χ2v) is 4.88. The average molecular weight is 272 g/mol. The molecule has 0 saturated carbocycles. The van der Waals surface area contributed by atoms with Gasteiger partial charge in [-0.25, -0.2) is 0 Å². The molecule has 5 nitrogen and oxygen atoms in total. The highest BCUT2D eigenvalue weighted by atomic mass is 16.1. The van der Waals surface area contributed by atoms with E-state index in [9.17, 15) is 4.79 Å². The number of nitrogens with zero attached hydrogens (tertiary/aromatic N) is 3. The first-order chi connectivity index (χ1) is 9.69. The highest BCUT2D eigenvalue weighted by molar-refractivity contribution is 5.73. The molecule has 2 N–H and O–H groups in total. The lowest BCUT2D eigenvalue weighted by molar-refractivity contribution is -0.118. The van der Waals surface area contributed by atoms with Crippen LogP contribution < -0.4 is 5.73 Å². The van der Waals surface area contributed by atoms with Crippen LogP contribution in [0, 0.1) is 0 Å². The second-order valence-electron chi connectivity index (χ2n) is 4.88. The Morgan fingerprint density at radius 3 is 2.70 bits per heavy atom. The standard InChI is InChI=1S/C15H20N4O/c1-2-4-12-6-8-13(9-7-12)14-11-19(18-17-14)10-3-5-15(16)20/h6-9,11H,2-5,10H2,1H3,(H2,16,20). The van der Waals surface area contributed by atoms with Crippen molar-refractivity contribution in [2.75, 3.05) is 0 Å². The van der Waals surface area contributed by atoms with Crippen LogP contribution in [0.1, 0.15) is 31.7 Å². The van der Waals surface area contributed by atoms with E-state index in [1.165, 1.54) is 5.56 Å². The van der Waals surface area contributed by atoms with Gasteiger partial charge in [-0.15, -0.1) is 5.10 Å². The van der Waals surface area contributed by atoms with E-state index >= 15 is 0 Å². The lowest BCUT2D eigenvalue weighted by Gasteiger charge is -2.00. The molecule has 0 aliphatic rings. The van der Waals surface area contributed by atoms with Gasteiger partial charge in [-0.05, 0) is 18.4 Å². The quantitative estimate of drug-likeness (QED) is 0.839. The molecule has 20 heavy (non-hydrogen) atoms. The van der Waals surface area contributed by atoms with Crippen molar-refractivity contribution in [1.29, 1.82) is 0 Å². The number of nitrogens with two attached hydrogens (primary N) is 1. The first kappa shape index (κ1) is 14.2. The van der Waals surface area contributed by atoms with E-state index in [1.807, 2.05) is 6.20 Å². The van der Waals surface area contributed by atoms with E-state index < -0.39 is 0 Å². The van der Waals surface area contributed by atoms with Gasteiger partial charge in [0, 0.05) is 18.5 Å². The fourth-order valence-electron chi connectivity index (χ4n) is 2.09. The SMILES string of the molecule is CCCc1ccc(-c2cn(CCCC(N)=O)nn2)cc1. The summed E-state index contributed by atoms with van der Waals surface area (Å²) in [5.41, 5.74) is 8.36. The van der Waals surface area contributed by atoms with Crippen LogP contribution in [-0.2, 0) is 17.8 Å². The monoisotopic (exact) mass is 272 g/mol. The Hall–Kier alpha value is -2.17. The predicted octanol–water partition coefficient (Wildman–Crippen LogP) is 2.16. The van der Waals surface area contributed by atoms with Gasteiger partial charge in [0.1, 0.15) is 5.69 Å². The third-order valence-electron chi connectivity index (χ3n) is 3.14. The van der Waals surface area contributed by atoms with Crippen LogP contribution in [0.15, 0.2) is 30.5 Å². The molecule has 5 heteroatoms. The van der Waals surface area contributed by atoms with Crippen LogP contribution in [0.25, 0.3) is 11.3 Å². The first-order valence-electron chi connectivity index (χ1n) is 6.97. The van der Waals surface area contributed by atoms with Gasteiger partial charge in [0.2, 0.25) is 5.91 Å². The maximum atomic E-state index is 10.7. The fraction of sp³-hybridized carbons (Fsp3) is 0.400. The van der Waals surface area contributed by atoms with Crippen molar-refractivity contribution < 1.29 is 4.79 Å². The van der Waals surface area contributed by atoms with Gasteiger partial charge in [-0.3, -0.25) is 9.48 Å². The fourth-order valence-corrected chi connectivity index (χ4v) is 2.09. The smallest absolute Gasteiger partial charge is 0.217 e. The summed E-state index contributed by atoms with van der Waals surface area (Å²) in [4.78, 5) is 10.7. The molecule has 2 rings (SSSR count). The number of carbonyl (C=O) groups is 1. The highest BCUT2D eigenvalue weighted by Gasteiger charge is 2.04. The maximum absolute atomic E-state index is 10.7. The summed E-state index contributed by atoms with van der Waals surface area (Å²) in [6, 6.07) is 8.40. The van der Waals surface area contributed by atoms with Crippen molar-refractivity contribution in [2.24, 2.45) is 5.73 Å². The lowest BCUT2D eigenvalue weighted by atomic mass is 10.1. The topological polar surface area (TPSA) is 73.8 Å². The molecule has 0 aliphatic heterocycles. The van der Waals surface area contributed by atoms with Crippen molar-refractivity contribution in [3.05, 3.63) is 36.0 Å². The number of hydrogen-bond acceptors (Lipinski definition) is 3. The number of primary amides is 1. The average Bonchev–Trinajstić information content (AvgIpc) is 2.88. The van der Waals surface area contributed by atoms with E-state index in [-0.39, 0.29) is 5.91 Å². The van der Waals surface area contributed by atoms with Crippen molar-refractivity contribution in [2.45, 2.75) is 39.2 Å². The van der Waals surface area contributed by atoms with E-state index in [4.69, 9.17) is 5.73 Å². The summed E-state index contributed by atoms with van der Waals surface area (Å²) in [5, 5.41) is 8.22. The van der Waals surface area contributed by atoms with Crippen LogP contribution in [0.3, 0.4) is 0 Å². The summed E-state index contributed by atoms with van der Waals surface area (Å²) in [6.07, 6.45) is 5.21. The number of aromatic nitrogens is 3. The van der Waals surface area contributed by atoms with Gasteiger partial charge in [-0.2, -0.15) is 0 Å². The number of carbonyl (C=O) groups excluding carboxylic acids is 1. The molecule has 0 fully saturated rings. The third kappa shape index (κ3) is 3.91. The molecule has 0 saturated heterocycles. The summed E-state index contributed by atoms with van der Waals surface area (Å²) in [7, 11) is 0. The molecule has 0 unspecified atom stereocenters. The van der Waals surface area contributed by atoms with Gasteiger partial charge < -0.3 is 5.73 Å². The Labute approximate surface area is 118 Å². The Kier molecular flexibility index (Phi) is 4.87. The normalized spacial score (nSPS) is 10.7. The molecule has 1 heterocycles. The Morgan fingerprint density at radius 2 is 2.05 bits per heavy atom. The number of amides is 1. The van der Waals surface area contributed by atoms with Gasteiger partial charge in [0.05, 0.1) is 6.20 Å². The minimum Gasteiger partial charge on any atom is -0.370 e. The van der Waals surface area contributed by atoms with Gasteiger partial charge >= 0.3 is 0 Å². The van der Waals surface area contributed by atoms with Crippen molar-refractivity contribution in [1.82, 2.24) is 15.0 Å². The number of rotatable bonds is 7. The number of benzene rings is 1. The molecular formula is C15H20N4O. The zero-order valence-electron chi connectivity index (χ0n) is 11.7. The molecule has 1 aromatic heterocycles. The zero-order valence-corrected chi connectivity index (χ0v) is 11.7. The van der Waals surface area contributed by atoms with Gasteiger partial charge in [0.15, 0.2) is 0 Å². The van der Waals surface area contributed by atoms with Crippen molar-refractivity contribution in [3.63, 3.8) is 0 Å². The van der Waals surface area contributed by atoms with Crippen LogP contribution in [0.2, 0.25) is 0 Å². The largest absolute Gasteiger partial charge is 0.370 e. The molecule has 0 radical (unpaired) electrons. The molecule has 0 aliphatic carbocycles. The summed E-state index contributed by atoms with van der Waals surface area (Å²) in [6.45, 7) is 2.83. The maximum Gasteiger partial charge on any atom is 0.217 e. The summed E-state index contributed by atoms with van der Waals surface area (Å²) < 4.78 is 1.75. The Balaban J connectivity index is 1.98. The highest BCUT2D eigenvalue weighted by Crippen LogP contribution is 2.17. The molecule has 0 atom stereocenters. The Bertz CT molecular complexity index is 560. The van der Waals surface area contributed by atoms with Crippen molar-refractivity contribution >= 4 is 5.91 Å². The van der Waals surface area contributed by atoms with E-state index in [2.05, 4.69) is 41.5 Å². The molecule has 2 aromatic rings. The van der Waals surface area contributed by atoms with Crippen LogP contribution in [-0.4, -0.2) is 20.9 Å². The lowest BCUT2D eigenvalue weighted by Crippen LogP contribution is -2.11. The molecule has 1 aromatic carbocycles. The first-order valence-corrected chi connectivity index (χ1v) is 6.97. The van der Waals surface area contributed by atoms with Crippen LogP contribution in [0.5, 0.6) is 0 Å². The van der Waals surface area contributed by atoms with E-state index in [1.54, 1.807) is 4.68 Å². The number of hydrogen-bond donors (Lipinski definition) is 1.